The summed E-state index contributed by atoms with van der Waals surface area (Å²) in [6, 6.07) is 0. The van der Waals surface area contributed by atoms with Crippen molar-refractivity contribution in [1.29, 1.82) is 0 Å². The van der Waals surface area contributed by atoms with Crippen LogP contribution in [0.1, 0.15) is 11.9 Å². The van der Waals surface area contributed by atoms with Gasteiger partial charge in [0.25, 0.3) is 0 Å². The molecule has 1 atom stereocenters. The number of amides is 1. The topological polar surface area (TPSA) is 67.2 Å². The fourth-order valence-electron chi connectivity index (χ4n) is 1.15. The van der Waals surface area contributed by atoms with E-state index >= 15 is 0 Å². The highest BCUT2D eigenvalue weighted by Crippen LogP contribution is 2.26. The van der Waals surface area contributed by atoms with Gasteiger partial charge in [-0.2, -0.15) is 0 Å². The monoisotopic (exact) mass is 288 g/mol. The lowest BCUT2D eigenvalue weighted by Gasteiger charge is -2.09. The molecule has 2 heterocycles. The van der Waals surface area contributed by atoms with Crippen LogP contribution in [0.3, 0.4) is 0 Å². The second-order valence-electron chi connectivity index (χ2n) is 3.37. The number of amidine groups is 1. The fraction of sp³-hybridized carbons (Fsp3) is 0.556. The van der Waals surface area contributed by atoms with Crippen LogP contribution in [0.15, 0.2) is 9.33 Å². The summed E-state index contributed by atoms with van der Waals surface area (Å²) in [6.45, 7) is 4.55. The minimum Gasteiger partial charge on any atom is -0.304 e. The lowest BCUT2D eigenvalue weighted by Crippen LogP contribution is -2.33. The molecule has 0 fully saturated rings. The average molecular weight is 288 g/mol. The molecule has 1 aliphatic rings. The van der Waals surface area contributed by atoms with E-state index in [1.54, 1.807) is 11.8 Å². The Morgan fingerprint density at radius 1 is 1.53 bits per heavy atom. The molecule has 0 saturated carbocycles. The minimum absolute atomic E-state index is 0.0315. The highest BCUT2D eigenvalue weighted by atomic mass is 32.2. The Labute approximate surface area is 112 Å². The van der Waals surface area contributed by atoms with Crippen LogP contribution < -0.4 is 5.32 Å². The Morgan fingerprint density at radius 3 is 2.94 bits per heavy atom. The molecule has 92 valence electrons. The van der Waals surface area contributed by atoms with Crippen molar-refractivity contribution in [3.63, 3.8) is 0 Å². The summed E-state index contributed by atoms with van der Waals surface area (Å²) in [7, 11) is 0. The van der Waals surface area contributed by atoms with Crippen LogP contribution in [0.25, 0.3) is 0 Å². The Bertz CT molecular complexity index is 445. The minimum atomic E-state index is -0.189. The van der Waals surface area contributed by atoms with Crippen molar-refractivity contribution in [2.45, 2.75) is 23.4 Å². The van der Waals surface area contributed by atoms with Crippen LogP contribution in [0, 0.1) is 6.92 Å². The van der Waals surface area contributed by atoms with Crippen molar-refractivity contribution in [3.8, 4) is 0 Å². The van der Waals surface area contributed by atoms with Crippen LogP contribution in [0.4, 0.5) is 0 Å². The first-order chi connectivity index (χ1) is 8.15. The van der Waals surface area contributed by atoms with E-state index in [9.17, 15) is 4.79 Å². The maximum Gasteiger partial charge on any atom is 0.239 e. The number of aryl methyl sites for hydroxylation is 1. The van der Waals surface area contributed by atoms with Gasteiger partial charge >= 0.3 is 0 Å². The number of hydrogen-bond donors (Lipinski definition) is 1. The Kier molecular flexibility index (Phi) is 4.41. The molecule has 2 rings (SSSR count). The summed E-state index contributed by atoms with van der Waals surface area (Å²) in [5.74, 6) is 0.920. The molecule has 1 aliphatic heterocycles. The van der Waals surface area contributed by atoms with Gasteiger partial charge in [0.05, 0.1) is 11.8 Å². The zero-order chi connectivity index (χ0) is 12.3. The molecule has 1 aromatic rings. The number of nitrogens with one attached hydrogen (secondary N) is 1. The zero-order valence-corrected chi connectivity index (χ0v) is 11.9. The number of thioether (sulfide) groups is 2. The molecule has 0 aliphatic carbocycles. The molecule has 0 bridgehead atoms. The third-order valence-corrected chi connectivity index (χ3v) is 4.88. The molecular weight excluding hydrogens is 276 g/mol. The van der Waals surface area contributed by atoms with Crippen LogP contribution >= 0.6 is 34.9 Å². The second-order valence-corrected chi connectivity index (χ2v) is 7.22. The van der Waals surface area contributed by atoms with E-state index in [0.717, 1.165) is 26.8 Å². The highest BCUT2D eigenvalue weighted by Gasteiger charge is 2.19. The lowest BCUT2D eigenvalue weighted by atomic mass is 10.4. The normalized spacial score (nSPS) is 16.7. The third-order valence-electron chi connectivity index (χ3n) is 1.97. The number of nitrogens with zero attached hydrogens (tertiary/aromatic N) is 3. The van der Waals surface area contributed by atoms with Gasteiger partial charge in [0.1, 0.15) is 5.01 Å². The van der Waals surface area contributed by atoms with Gasteiger partial charge in [0.2, 0.25) is 5.91 Å². The molecule has 1 N–H and O–H groups in total. The summed E-state index contributed by atoms with van der Waals surface area (Å²) in [4.78, 5) is 16.0. The van der Waals surface area contributed by atoms with Crippen molar-refractivity contribution < 1.29 is 4.79 Å². The molecule has 8 heteroatoms. The van der Waals surface area contributed by atoms with Gasteiger partial charge in [-0.15, -0.1) is 10.2 Å². The maximum atomic E-state index is 11.8. The second kappa shape index (κ2) is 5.83. The average Bonchev–Trinajstić information content (AvgIpc) is 2.90. The molecular formula is C9H12N4OS3. The number of rotatable bonds is 3. The first kappa shape index (κ1) is 12.8. The van der Waals surface area contributed by atoms with Gasteiger partial charge in [-0.25, -0.2) is 0 Å². The SMILES string of the molecule is Cc1nnc(S[C@H](C)C(=O)NC2=NCCS2)s1. The predicted octanol–water partition coefficient (Wildman–Crippen LogP) is 1.55. The van der Waals surface area contributed by atoms with Gasteiger partial charge < -0.3 is 5.32 Å². The third kappa shape index (κ3) is 3.68. The van der Waals surface area contributed by atoms with Crippen LogP contribution in [-0.4, -0.2) is 38.8 Å². The van der Waals surface area contributed by atoms with Crippen molar-refractivity contribution >= 4 is 45.9 Å². The number of aromatic nitrogens is 2. The largest absolute Gasteiger partial charge is 0.304 e. The molecule has 0 saturated heterocycles. The summed E-state index contributed by atoms with van der Waals surface area (Å²) < 4.78 is 0.825. The van der Waals surface area contributed by atoms with E-state index in [2.05, 4.69) is 20.5 Å². The molecule has 0 aromatic carbocycles. The first-order valence-corrected chi connectivity index (χ1v) is 7.78. The van der Waals surface area contributed by atoms with Crippen LogP contribution in [0.2, 0.25) is 0 Å². The maximum absolute atomic E-state index is 11.8. The zero-order valence-electron chi connectivity index (χ0n) is 9.47. The number of carbonyl (C=O) groups excluding carboxylic acids is 1. The van der Waals surface area contributed by atoms with Crippen LogP contribution in [0.5, 0.6) is 0 Å². The molecule has 5 nitrogen and oxygen atoms in total. The number of carbonyl (C=O) groups is 1. The Morgan fingerprint density at radius 2 is 2.35 bits per heavy atom. The van der Waals surface area contributed by atoms with Crippen LogP contribution in [-0.2, 0) is 4.79 Å². The van der Waals surface area contributed by atoms with Gasteiger partial charge in [-0.05, 0) is 13.8 Å². The van der Waals surface area contributed by atoms with Gasteiger partial charge in [0.15, 0.2) is 9.51 Å². The summed E-state index contributed by atoms with van der Waals surface area (Å²) in [5.41, 5.74) is 0. The van der Waals surface area contributed by atoms with Gasteiger partial charge in [0, 0.05) is 5.75 Å². The first-order valence-electron chi connectivity index (χ1n) is 5.10. The molecule has 0 radical (unpaired) electrons. The van der Waals surface area contributed by atoms with Gasteiger partial charge in [-0.1, -0.05) is 34.9 Å². The number of hydrogen-bond acceptors (Lipinski definition) is 7. The van der Waals surface area contributed by atoms with Crippen molar-refractivity contribution in [3.05, 3.63) is 5.01 Å². The molecule has 0 spiro atoms. The standard InChI is InChI=1S/C9H12N4OS3/c1-5(16-9-13-12-6(2)17-9)7(14)11-8-10-3-4-15-8/h5H,3-4H2,1-2H3,(H,10,11,14)/t5-/m1/s1. The highest BCUT2D eigenvalue weighted by molar-refractivity contribution is 8.14. The van der Waals surface area contributed by atoms with E-state index in [4.69, 9.17) is 0 Å². The number of aliphatic imine (C=N–C) groups is 1. The Hall–Kier alpha value is -0.600. The fourth-order valence-corrected chi connectivity index (χ4v) is 3.84. The van der Waals surface area contributed by atoms with Crippen molar-refractivity contribution in [2.24, 2.45) is 4.99 Å². The van der Waals surface area contributed by atoms with Gasteiger partial charge in [-0.3, -0.25) is 9.79 Å². The molecule has 17 heavy (non-hydrogen) atoms. The summed E-state index contributed by atoms with van der Waals surface area (Å²) in [6.07, 6.45) is 0. The molecule has 0 unspecified atom stereocenters. The van der Waals surface area contributed by atoms with Crippen molar-refractivity contribution in [2.75, 3.05) is 12.3 Å². The smallest absolute Gasteiger partial charge is 0.239 e. The van der Waals surface area contributed by atoms with E-state index < -0.39 is 0 Å². The summed E-state index contributed by atoms with van der Waals surface area (Å²) in [5, 5.41) is 12.2. The molecule has 1 amide bonds. The lowest BCUT2D eigenvalue weighted by molar-refractivity contribution is -0.118. The quantitative estimate of drug-likeness (QED) is 0.855. The van der Waals surface area contributed by atoms with E-state index in [1.807, 2.05) is 13.8 Å². The van der Waals surface area contributed by atoms with Crippen molar-refractivity contribution in [1.82, 2.24) is 15.5 Å². The molecule has 1 aromatic heterocycles. The van der Waals surface area contributed by atoms with E-state index in [1.165, 1.54) is 23.1 Å². The Balaban J connectivity index is 1.86. The predicted molar refractivity (Wildman–Crippen MR) is 72.9 cm³/mol. The summed E-state index contributed by atoms with van der Waals surface area (Å²) >= 11 is 4.51. The van der Waals surface area contributed by atoms with E-state index in [-0.39, 0.29) is 11.2 Å². The van der Waals surface area contributed by atoms with E-state index in [0.29, 0.717) is 0 Å².